The van der Waals surface area contributed by atoms with Crippen LogP contribution >= 0.6 is 27.5 Å². The Hall–Kier alpha value is -3.16. The van der Waals surface area contributed by atoms with Crippen LogP contribution in [0.2, 0.25) is 5.02 Å². The molecule has 6 nitrogen and oxygen atoms in total. The molecule has 0 bridgehead atoms. The number of anilines is 1. The number of nitrogens with zero attached hydrogens (tertiary/aromatic N) is 4. The van der Waals surface area contributed by atoms with Crippen molar-refractivity contribution in [1.82, 2.24) is 14.7 Å². The summed E-state index contributed by atoms with van der Waals surface area (Å²) in [6.45, 7) is 3.64. The Balaban J connectivity index is 1.43. The number of benzene rings is 3. The molecule has 0 fully saturated rings. The molecule has 0 aliphatic carbocycles. The molecule has 0 unspecified atom stereocenters. The van der Waals surface area contributed by atoms with E-state index in [0.717, 1.165) is 57.5 Å². The maximum Gasteiger partial charge on any atom is 0.274 e. The van der Waals surface area contributed by atoms with Gasteiger partial charge in [0.15, 0.2) is 0 Å². The molecule has 1 N–H and O–H groups in total. The standard InChI is InChI=1S/C26H23BrClN5O/c1-16-12-24(33(31-16)21-8-5-17-13-20(27)7-4-18(17)14-21)26(34)30-23-9-6-19(15-22(23)28)25-29-10-3-11-32(25)2/h4-9,12-15H,3,10-11H2,1-2H3,(H,30,34). The van der Waals surface area contributed by atoms with E-state index >= 15 is 0 Å². The Labute approximate surface area is 211 Å². The summed E-state index contributed by atoms with van der Waals surface area (Å²) < 4.78 is 2.69. The maximum absolute atomic E-state index is 13.3. The molecule has 4 aromatic rings. The minimum absolute atomic E-state index is 0.279. The number of amidine groups is 1. The summed E-state index contributed by atoms with van der Waals surface area (Å²) in [5.41, 5.74) is 3.48. The molecule has 0 atom stereocenters. The third-order valence-electron chi connectivity index (χ3n) is 5.84. The van der Waals surface area contributed by atoms with Crippen LogP contribution in [0.25, 0.3) is 16.5 Å². The van der Waals surface area contributed by atoms with Crippen LogP contribution in [0.4, 0.5) is 5.69 Å². The highest BCUT2D eigenvalue weighted by atomic mass is 79.9. The van der Waals surface area contributed by atoms with E-state index in [2.05, 4.69) is 42.3 Å². The van der Waals surface area contributed by atoms with E-state index in [1.54, 1.807) is 10.7 Å². The van der Waals surface area contributed by atoms with Gasteiger partial charge in [-0.15, -0.1) is 0 Å². The summed E-state index contributed by atoms with van der Waals surface area (Å²) in [6.07, 6.45) is 1.05. The molecule has 5 rings (SSSR count). The van der Waals surface area contributed by atoms with E-state index in [-0.39, 0.29) is 5.91 Å². The highest BCUT2D eigenvalue weighted by molar-refractivity contribution is 9.10. The van der Waals surface area contributed by atoms with E-state index in [4.69, 9.17) is 11.6 Å². The van der Waals surface area contributed by atoms with Gasteiger partial charge in [0.2, 0.25) is 0 Å². The van der Waals surface area contributed by atoms with Gasteiger partial charge in [0.25, 0.3) is 5.91 Å². The second-order valence-electron chi connectivity index (χ2n) is 8.39. The summed E-state index contributed by atoms with van der Waals surface area (Å²) in [7, 11) is 2.02. The number of aliphatic imine (C=N–C) groups is 1. The van der Waals surface area contributed by atoms with Crippen molar-refractivity contribution in [2.75, 3.05) is 25.5 Å². The lowest BCUT2D eigenvalue weighted by atomic mass is 10.1. The van der Waals surface area contributed by atoms with Crippen LogP contribution in [-0.4, -0.2) is 46.6 Å². The van der Waals surface area contributed by atoms with Gasteiger partial charge in [-0.3, -0.25) is 9.79 Å². The Bertz CT molecular complexity index is 1440. The number of hydrogen-bond donors (Lipinski definition) is 1. The van der Waals surface area contributed by atoms with E-state index < -0.39 is 0 Å². The van der Waals surface area contributed by atoms with Gasteiger partial charge in [0, 0.05) is 30.2 Å². The first kappa shape index (κ1) is 22.6. The maximum atomic E-state index is 13.3. The van der Waals surface area contributed by atoms with Crippen LogP contribution in [-0.2, 0) is 0 Å². The molecule has 2 heterocycles. The van der Waals surface area contributed by atoms with Crippen LogP contribution in [0, 0.1) is 6.92 Å². The molecule has 172 valence electrons. The summed E-state index contributed by atoms with van der Waals surface area (Å²) in [5.74, 6) is 0.640. The number of carbonyl (C=O) groups is 1. The monoisotopic (exact) mass is 535 g/mol. The van der Waals surface area contributed by atoms with Gasteiger partial charge >= 0.3 is 0 Å². The number of fused-ring (bicyclic) bond motifs is 1. The number of nitrogens with one attached hydrogen (secondary N) is 1. The summed E-state index contributed by atoms with van der Waals surface area (Å²) in [4.78, 5) is 20.0. The lowest BCUT2D eigenvalue weighted by Gasteiger charge is -2.25. The van der Waals surface area contributed by atoms with E-state index in [9.17, 15) is 4.79 Å². The molecule has 34 heavy (non-hydrogen) atoms. The zero-order chi connectivity index (χ0) is 23.8. The van der Waals surface area contributed by atoms with Crippen LogP contribution in [0.15, 0.2) is 70.1 Å². The predicted octanol–water partition coefficient (Wildman–Crippen LogP) is 6.08. The summed E-state index contributed by atoms with van der Waals surface area (Å²) in [5, 5.41) is 10.1. The Morgan fingerprint density at radius 2 is 1.85 bits per heavy atom. The first-order valence-electron chi connectivity index (χ1n) is 11.0. The fourth-order valence-corrected chi connectivity index (χ4v) is 4.77. The number of halogens is 2. The van der Waals surface area contributed by atoms with Crippen LogP contribution in [0.5, 0.6) is 0 Å². The quantitative estimate of drug-likeness (QED) is 0.344. The fraction of sp³-hybridized carbons (Fsp3) is 0.192. The number of hydrogen-bond acceptors (Lipinski definition) is 4. The van der Waals surface area contributed by atoms with Crippen LogP contribution in [0.3, 0.4) is 0 Å². The van der Waals surface area contributed by atoms with Gasteiger partial charge in [-0.05, 0) is 72.6 Å². The van der Waals surface area contributed by atoms with Gasteiger partial charge in [-0.25, -0.2) is 4.68 Å². The highest BCUT2D eigenvalue weighted by Crippen LogP contribution is 2.27. The number of aromatic nitrogens is 2. The summed E-state index contributed by atoms with van der Waals surface area (Å²) >= 11 is 10.1. The lowest BCUT2D eigenvalue weighted by molar-refractivity contribution is 0.101. The molecular formula is C26H23BrClN5O. The molecular weight excluding hydrogens is 514 g/mol. The molecule has 1 amide bonds. The molecule has 1 aromatic heterocycles. The second-order valence-corrected chi connectivity index (χ2v) is 9.71. The van der Waals surface area contributed by atoms with Gasteiger partial charge in [0.05, 0.1) is 22.1 Å². The van der Waals surface area contributed by atoms with Crippen LogP contribution in [0.1, 0.15) is 28.2 Å². The van der Waals surface area contributed by atoms with Crippen molar-refractivity contribution in [1.29, 1.82) is 0 Å². The first-order valence-corrected chi connectivity index (χ1v) is 12.2. The number of aryl methyl sites for hydroxylation is 1. The average molecular weight is 537 g/mol. The van der Waals surface area contributed by atoms with E-state index in [1.165, 1.54) is 0 Å². The molecule has 0 spiro atoms. The van der Waals surface area contributed by atoms with E-state index in [1.807, 2.05) is 62.5 Å². The van der Waals surface area contributed by atoms with Gasteiger partial charge in [0.1, 0.15) is 11.5 Å². The van der Waals surface area contributed by atoms with Gasteiger partial charge < -0.3 is 10.2 Å². The zero-order valence-corrected chi connectivity index (χ0v) is 21.2. The molecule has 0 radical (unpaired) electrons. The van der Waals surface area contributed by atoms with Crippen molar-refractivity contribution < 1.29 is 4.79 Å². The van der Waals surface area contributed by atoms with Crippen LogP contribution < -0.4 is 5.32 Å². The molecule has 1 aliphatic rings. The normalized spacial score (nSPS) is 13.8. The minimum atomic E-state index is -0.279. The second kappa shape index (κ2) is 9.24. The van der Waals surface area contributed by atoms with Crippen molar-refractivity contribution in [3.8, 4) is 5.69 Å². The fourth-order valence-electron chi connectivity index (χ4n) is 4.17. The number of carbonyl (C=O) groups excluding carboxylic acids is 1. The SMILES string of the molecule is Cc1cc(C(=O)Nc2ccc(C3=NCCCN3C)cc2Cl)n(-c2ccc3cc(Br)ccc3c2)n1. The highest BCUT2D eigenvalue weighted by Gasteiger charge is 2.19. The van der Waals surface area contributed by atoms with E-state index in [0.29, 0.717) is 16.4 Å². The molecule has 0 saturated carbocycles. The third-order valence-corrected chi connectivity index (χ3v) is 6.65. The number of rotatable bonds is 4. The largest absolute Gasteiger partial charge is 0.359 e. The van der Waals surface area contributed by atoms with Crippen molar-refractivity contribution in [2.24, 2.45) is 4.99 Å². The third kappa shape index (κ3) is 4.45. The Morgan fingerprint density at radius 1 is 1.06 bits per heavy atom. The lowest BCUT2D eigenvalue weighted by Crippen LogP contribution is -2.32. The molecule has 8 heteroatoms. The predicted molar refractivity (Wildman–Crippen MR) is 142 cm³/mol. The van der Waals surface area contributed by atoms with Crippen molar-refractivity contribution >= 4 is 55.7 Å². The minimum Gasteiger partial charge on any atom is -0.359 e. The van der Waals surface area contributed by atoms with Gasteiger partial charge in [-0.1, -0.05) is 39.7 Å². The smallest absolute Gasteiger partial charge is 0.274 e. The van der Waals surface area contributed by atoms with Crippen molar-refractivity contribution in [3.63, 3.8) is 0 Å². The topological polar surface area (TPSA) is 62.5 Å². The van der Waals surface area contributed by atoms with Crippen molar-refractivity contribution in [3.05, 3.63) is 87.1 Å². The average Bonchev–Trinajstić information content (AvgIpc) is 3.22. The first-order chi connectivity index (χ1) is 16.4. The Morgan fingerprint density at radius 3 is 2.65 bits per heavy atom. The molecule has 1 aliphatic heterocycles. The Kier molecular flexibility index (Phi) is 6.15. The summed E-state index contributed by atoms with van der Waals surface area (Å²) in [6, 6.07) is 19.5. The van der Waals surface area contributed by atoms with Crippen molar-refractivity contribution in [2.45, 2.75) is 13.3 Å². The van der Waals surface area contributed by atoms with Gasteiger partial charge in [-0.2, -0.15) is 5.10 Å². The number of amides is 1. The molecule has 3 aromatic carbocycles. The zero-order valence-electron chi connectivity index (χ0n) is 18.8. The molecule has 0 saturated heterocycles.